The van der Waals surface area contributed by atoms with Gasteiger partial charge in [-0.25, -0.2) is 0 Å². The molecular formula is C12H22N2O2. The first-order chi connectivity index (χ1) is 7.77. The van der Waals surface area contributed by atoms with Gasteiger partial charge >= 0.3 is 0 Å². The van der Waals surface area contributed by atoms with Gasteiger partial charge in [-0.05, 0) is 44.7 Å². The number of carbonyl (C=O) groups is 1. The molecule has 0 radical (unpaired) electrons. The Morgan fingerprint density at radius 3 is 2.56 bits per heavy atom. The second-order valence-electron chi connectivity index (χ2n) is 4.95. The Morgan fingerprint density at radius 2 is 1.94 bits per heavy atom. The Labute approximate surface area is 97.0 Å². The summed E-state index contributed by atoms with van der Waals surface area (Å²) in [6, 6.07) is 0. The summed E-state index contributed by atoms with van der Waals surface area (Å²) >= 11 is 0. The van der Waals surface area contributed by atoms with E-state index in [-0.39, 0.29) is 5.91 Å². The van der Waals surface area contributed by atoms with Crippen molar-refractivity contribution >= 4 is 5.91 Å². The van der Waals surface area contributed by atoms with E-state index in [0.717, 1.165) is 51.9 Å². The van der Waals surface area contributed by atoms with Gasteiger partial charge in [0, 0.05) is 13.1 Å². The van der Waals surface area contributed by atoms with E-state index >= 15 is 0 Å². The molecule has 0 aliphatic carbocycles. The first kappa shape index (κ1) is 11.9. The lowest BCUT2D eigenvalue weighted by atomic mass is 9.90. The molecule has 0 aromatic rings. The van der Waals surface area contributed by atoms with Crippen LogP contribution >= 0.6 is 0 Å². The lowest BCUT2D eigenvalue weighted by Crippen LogP contribution is -2.38. The molecule has 1 atom stereocenters. The molecule has 92 valence electrons. The molecule has 2 aliphatic rings. The molecule has 0 aromatic carbocycles. The van der Waals surface area contributed by atoms with Gasteiger partial charge in [0.1, 0.15) is 0 Å². The summed E-state index contributed by atoms with van der Waals surface area (Å²) in [7, 11) is 0. The van der Waals surface area contributed by atoms with Crippen molar-refractivity contribution in [3.63, 3.8) is 0 Å². The third kappa shape index (κ3) is 2.95. The summed E-state index contributed by atoms with van der Waals surface area (Å²) in [5, 5.41) is 13.3. The number of nitrogens with zero attached hydrogens (tertiary/aromatic N) is 1. The normalized spacial score (nSPS) is 24.7. The van der Waals surface area contributed by atoms with Gasteiger partial charge in [0.15, 0.2) is 0 Å². The Bertz CT molecular complexity index is 233. The highest BCUT2D eigenvalue weighted by molar-refractivity contribution is 5.76. The third-order valence-corrected chi connectivity index (χ3v) is 3.77. The van der Waals surface area contributed by atoms with Gasteiger partial charge in [0.2, 0.25) is 5.91 Å². The van der Waals surface area contributed by atoms with E-state index in [4.69, 9.17) is 0 Å². The lowest BCUT2D eigenvalue weighted by Gasteiger charge is -2.28. The maximum Gasteiger partial charge on any atom is 0.225 e. The quantitative estimate of drug-likeness (QED) is 0.730. The number of hydrogen-bond donors (Lipinski definition) is 2. The largest absolute Gasteiger partial charge is 0.392 e. The molecule has 1 unspecified atom stereocenters. The zero-order chi connectivity index (χ0) is 11.4. The molecule has 2 N–H and O–H groups in total. The van der Waals surface area contributed by atoms with Crippen LogP contribution in [0.5, 0.6) is 0 Å². The van der Waals surface area contributed by atoms with Gasteiger partial charge in [-0.2, -0.15) is 0 Å². The van der Waals surface area contributed by atoms with Crippen LogP contribution in [0.4, 0.5) is 0 Å². The topological polar surface area (TPSA) is 52.6 Å². The molecule has 2 heterocycles. The van der Waals surface area contributed by atoms with Gasteiger partial charge in [0.05, 0.1) is 12.5 Å². The van der Waals surface area contributed by atoms with Crippen molar-refractivity contribution in [3.8, 4) is 0 Å². The maximum absolute atomic E-state index is 11.8. The fourth-order valence-electron chi connectivity index (χ4n) is 2.67. The summed E-state index contributed by atoms with van der Waals surface area (Å²) in [4.78, 5) is 13.7. The number of likely N-dealkylation sites (tertiary alicyclic amines) is 1. The van der Waals surface area contributed by atoms with E-state index in [1.165, 1.54) is 0 Å². The summed E-state index contributed by atoms with van der Waals surface area (Å²) in [6.45, 7) is 3.72. The third-order valence-electron chi connectivity index (χ3n) is 3.77. The predicted molar refractivity (Wildman–Crippen MR) is 62.0 cm³/mol. The molecule has 4 nitrogen and oxygen atoms in total. The van der Waals surface area contributed by atoms with Crippen LogP contribution in [0.1, 0.15) is 32.1 Å². The first-order valence-electron chi connectivity index (χ1n) is 6.44. The molecule has 1 amide bonds. The number of piperidine rings is 1. The molecule has 2 rings (SSSR count). The number of hydrogen-bond acceptors (Lipinski definition) is 3. The van der Waals surface area contributed by atoms with Gasteiger partial charge < -0.3 is 15.3 Å². The zero-order valence-electron chi connectivity index (χ0n) is 9.82. The van der Waals surface area contributed by atoms with Crippen LogP contribution in [0.3, 0.4) is 0 Å². The van der Waals surface area contributed by atoms with E-state index in [0.29, 0.717) is 12.3 Å². The monoisotopic (exact) mass is 226 g/mol. The standard InChI is InChI=1S/C12H22N2O2/c15-11(10-3-5-13-6-4-10)9-12(16)14-7-1-2-8-14/h10-11,13,15H,1-9H2. The zero-order valence-corrected chi connectivity index (χ0v) is 9.82. The summed E-state index contributed by atoms with van der Waals surface area (Å²) in [5.41, 5.74) is 0. The van der Waals surface area contributed by atoms with Crippen molar-refractivity contribution in [3.05, 3.63) is 0 Å². The fourth-order valence-corrected chi connectivity index (χ4v) is 2.67. The number of aliphatic hydroxyl groups is 1. The van der Waals surface area contributed by atoms with E-state index in [1.807, 2.05) is 4.90 Å². The SMILES string of the molecule is O=C(CC(O)C1CCNCC1)N1CCCC1. The average Bonchev–Trinajstić information content (AvgIpc) is 2.83. The van der Waals surface area contributed by atoms with Crippen molar-refractivity contribution in [1.29, 1.82) is 0 Å². The van der Waals surface area contributed by atoms with E-state index in [1.54, 1.807) is 0 Å². The predicted octanol–water partition coefficient (Wildman–Crippen LogP) is 0.359. The number of rotatable bonds is 3. The highest BCUT2D eigenvalue weighted by Crippen LogP contribution is 2.20. The summed E-state index contributed by atoms with van der Waals surface area (Å²) in [5.74, 6) is 0.455. The van der Waals surface area contributed by atoms with Crippen molar-refractivity contribution in [1.82, 2.24) is 10.2 Å². The summed E-state index contributed by atoms with van der Waals surface area (Å²) in [6.07, 6.45) is 4.12. The van der Waals surface area contributed by atoms with Gasteiger partial charge in [0.25, 0.3) is 0 Å². The Balaban J connectivity index is 1.76. The van der Waals surface area contributed by atoms with E-state index < -0.39 is 6.10 Å². The lowest BCUT2D eigenvalue weighted by molar-refractivity contribution is -0.133. The highest BCUT2D eigenvalue weighted by Gasteiger charge is 2.26. The Morgan fingerprint density at radius 1 is 1.31 bits per heavy atom. The summed E-state index contributed by atoms with van der Waals surface area (Å²) < 4.78 is 0. The molecule has 4 heteroatoms. The molecule has 2 saturated heterocycles. The van der Waals surface area contributed by atoms with Crippen molar-refractivity contribution in [2.24, 2.45) is 5.92 Å². The molecule has 0 spiro atoms. The molecular weight excluding hydrogens is 204 g/mol. The molecule has 2 aliphatic heterocycles. The minimum absolute atomic E-state index is 0.142. The fraction of sp³-hybridized carbons (Fsp3) is 0.917. The van der Waals surface area contributed by atoms with Crippen LogP contribution in [-0.2, 0) is 4.79 Å². The highest BCUT2D eigenvalue weighted by atomic mass is 16.3. The van der Waals surface area contributed by atoms with Crippen LogP contribution in [0.15, 0.2) is 0 Å². The first-order valence-corrected chi connectivity index (χ1v) is 6.44. The second kappa shape index (κ2) is 5.64. The minimum Gasteiger partial charge on any atom is -0.392 e. The molecule has 0 saturated carbocycles. The van der Waals surface area contributed by atoms with Crippen molar-refractivity contribution < 1.29 is 9.90 Å². The molecule has 0 aromatic heterocycles. The smallest absolute Gasteiger partial charge is 0.225 e. The number of amides is 1. The van der Waals surface area contributed by atoms with Gasteiger partial charge in [-0.3, -0.25) is 4.79 Å². The minimum atomic E-state index is -0.435. The number of carbonyl (C=O) groups excluding carboxylic acids is 1. The Kier molecular flexibility index (Phi) is 4.18. The number of aliphatic hydroxyl groups excluding tert-OH is 1. The van der Waals surface area contributed by atoms with E-state index in [2.05, 4.69) is 5.32 Å². The average molecular weight is 226 g/mol. The van der Waals surface area contributed by atoms with Crippen LogP contribution in [0.2, 0.25) is 0 Å². The van der Waals surface area contributed by atoms with E-state index in [9.17, 15) is 9.90 Å². The number of nitrogens with one attached hydrogen (secondary N) is 1. The van der Waals surface area contributed by atoms with Gasteiger partial charge in [-0.15, -0.1) is 0 Å². The van der Waals surface area contributed by atoms with Crippen LogP contribution in [0, 0.1) is 5.92 Å². The maximum atomic E-state index is 11.8. The van der Waals surface area contributed by atoms with Crippen molar-refractivity contribution in [2.45, 2.75) is 38.2 Å². The van der Waals surface area contributed by atoms with Gasteiger partial charge in [-0.1, -0.05) is 0 Å². The molecule has 16 heavy (non-hydrogen) atoms. The Hall–Kier alpha value is -0.610. The second-order valence-corrected chi connectivity index (χ2v) is 4.95. The molecule has 2 fully saturated rings. The van der Waals surface area contributed by atoms with Crippen LogP contribution in [-0.4, -0.2) is 48.2 Å². The molecule has 0 bridgehead atoms. The van der Waals surface area contributed by atoms with Crippen molar-refractivity contribution in [2.75, 3.05) is 26.2 Å². The van der Waals surface area contributed by atoms with Crippen LogP contribution < -0.4 is 5.32 Å². The van der Waals surface area contributed by atoms with Crippen LogP contribution in [0.25, 0.3) is 0 Å².